The van der Waals surface area contributed by atoms with Crippen LogP contribution in [0.2, 0.25) is 0 Å². The van der Waals surface area contributed by atoms with Crippen LogP contribution in [0.4, 0.5) is 0 Å². The van der Waals surface area contributed by atoms with Crippen LogP contribution in [0.3, 0.4) is 0 Å². The highest BCUT2D eigenvalue weighted by Crippen LogP contribution is 1.82. The molecule has 1 radical (unpaired) electrons. The molecule has 2 nitrogen and oxygen atoms in total. The molecule has 0 aromatic heterocycles. The summed E-state index contributed by atoms with van der Waals surface area (Å²) in [6.07, 6.45) is 2.50. The predicted octanol–water partition coefficient (Wildman–Crippen LogP) is 0.410. The zero-order valence-electron chi connectivity index (χ0n) is 6.24. The Bertz CT molecular complexity index is 40.2. The van der Waals surface area contributed by atoms with E-state index in [0.717, 1.165) is 19.6 Å². The van der Waals surface area contributed by atoms with Crippen LogP contribution >= 0.6 is 0 Å². The molecule has 55 valence electrons. The summed E-state index contributed by atoms with van der Waals surface area (Å²) >= 11 is 0. The first-order valence-electron chi connectivity index (χ1n) is 3.56. The fraction of sp³-hybridized carbons (Fsp3) is 0.857. The van der Waals surface area contributed by atoms with Crippen LogP contribution in [0.15, 0.2) is 0 Å². The molecule has 0 fully saturated rings. The Morgan fingerprint density at radius 3 is 2.44 bits per heavy atom. The molecule has 0 aliphatic rings. The van der Waals surface area contributed by atoms with Crippen molar-refractivity contribution in [3.63, 3.8) is 0 Å². The molecule has 0 bridgehead atoms. The van der Waals surface area contributed by atoms with Crippen molar-refractivity contribution in [1.29, 1.82) is 0 Å². The van der Waals surface area contributed by atoms with Crippen molar-refractivity contribution in [3.8, 4) is 0 Å². The number of rotatable bonds is 6. The molecule has 0 amide bonds. The third-order valence-corrected chi connectivity index (χ3v) is 1.21. The third-order valence-electron chi connectivity index (χ3n) is 1.21. The summed E-state index contributed by atoms with van der Waals surface area (Å²) in [4.78, 5) is 0. The minimum Gasteiger partial charge on any atom is -0.320 e. The Morgan fingerprint density at radius 2 is 1.89 bits per heavy atom. The van der Waals surface area contributed by atoms with Gasteiger partial charge in [-0.1, -0.05) is 0 Å². The standard InChI is InChI=1S/C7H17N2/c1-3-9-7-5-4-6-8-2/h8-9H,1,3-7H2,2H3. The van der Waals surface area contributed by atoms with Gasteiger partial charge in [-0.15, -0.1) is 0 Å². The smallest absolute Gasteiger partial charge is 0.00484 e. The first-order chi connectivity index (χ1) is 4.41. The maximum Gasteiger partial charge on any atom is -0.00484 e. The van der Waals surface area contributed by atoms with Gasteiger partial charge >= 0.3 is 0 Å². The quantitative estimate of drug-likeness (QED) is 0.508. The second kappa shape index (κ2) is 7.92. The molecule has 0 spiro atoms. The van der Waals surface area contributed by atoms with Gasteiger partial charge in [-0.25, -0.2) is 0 Å². The van der Waals surface area contributed by atoms with Crippen molar-refractivity contribution < 1.29 is 0 Å². The van der Waals surface area contributed by atoms with Crippen molar-refractivity contribution in [1.82, 2.24) is 10.6 Å². The lowest BCUT2D eigenvalue weighted by Crippen LogP contribution is -2.16. The van der Waals surface area contributed by atoms with Crippen LogP contribution in [0.1, 0.15) is 12.8 Å². The largest absolute Gasteiger partial charge is 0.320 e. The molecule has 0 aromatic carbocycles. The lowest BCUT2D eigenvalue weighted by molar-refractivity contribution is 0.629. The molecule has 2 N–H and O–H groups in total. The highest BCUT2D eigenvalue weighted by atomic mass is 14.8. The predicted molar refractivity (Wildman–Crippen MR) is 41.4 cm³/mol. The Kier molecular flexibility index (Phi) is 7.85. The van der Waals surface area contributed by atoms with Crippen molar-refractivity contribution >= 4 is 0 Å². The van der Waals surface area contributed by atoms with Gasteiger partial charge in [0.1, 0.15) is 0 Å². The Balaban J connectivity index is 2.60. The molecule has 0 rings (SSSR count). The minimum absolute atomic E-state index is 0.847. The third kappa shape index (κ3) is 7.92. The van der Waals surface area contributed by atoms with Gasteiger partial charge in [-0.3, -0.25) is 0 Å². The first-order valence-corrected chi connectivity index (χ1v) is 3.56. The zero-order valence-corrected chi connectivity index (χ0v) is 6.24. The van der Waals surface area contributed by atoms with Crippen molar-refractivity contribution in [2.24, 2.45) is 0 Å². The Labute approximate surface area is 58.0 Å². The molecule has 0 heterocycles. The lowest BCUT2D eigenvalue weighted by atomic mass is 10.3. The molecule has 0 aromatic rings. The first kappa shape index (κ1) is 8.92. The fourth-order valence-electron chi connectivity index (χ4n) is 0.677. The molecule has 0 aliphatic carbocycles. The van der Waals surface area contributed by atoms with Gasteiger partial charge in [0.25, 0.3) is 0 Å². The Hall–Kier alpha value is -0.0800. The topological polar surface area (TPSA) is 24.1 Å². The molecule has 2 heteroatoms. The summed E-state index contributed by atoms with van der Waals surface area (Å²) in [6.45, 7) is 6.75. The Morgan fingerprint density at radius 1 is 1.22 bits per heavy atom. The van der Waals surface area contributed by atoms with E-state index >= 15 is 0 Å². The van der Waals surface area contributed by atoms with Crippen LogP contribution in [-0.2, 0) is 0 Å². The highest BCUT2D eigenvalue weighted by Gasteiger charge is 1.83. The molecular weight excluding hydrogens is 112 g/mol. The minimum atomic E-state index is 0.847. The number of nitrogens with one attached hydrogen (secondary N) is 2. The lowest BCUT2D eigenvalue weighted by Gasteiger charge is -1.99. The monoisotopic (exact) mass is 129 g/mol. The van der Waals surface area contributed by atoms with Gasteiger partial charge in [-0.05, 0) is 46.4 Å². The average molecular weight is 129 g/mol. The van der Waals surface area contributed by atoms with E-state index < -0.39 is 0 Å². The molecule has 0 saturated carbocycles. The normalized spacial score (nSPS) is 10.0. The van der Waals surface area contributed by atoms with Crippen molar-refractivity contribution in [3.05, 3.63) is 6.92 Å². The van der Waals surface area contributed by atoms with Crippen molar-refractivity contribution in [2.75, 3.05) is 26.7 Å². The van der Waals surface area contributed by atoms with Crippen molar-refractivity contribution in [2.45, 2.75) is 12.8 Å². The van der Waals surface area contributed by atoms with Crippen LogP contribution in [0.25, 0.3) is 0 Å². The van der Waals surface area contributed by atoms with Crippen LogP contribution < -0.4 is 10.6 Å². The summed E-state index contributed by atoms with van der Waals surface area (Å²) in [5.74, 6) is 0. The van der Waals surface area contributed by atoms with E-state index in [0.29, 0.717) is 0 Å². The number of hydrogen-bond donors (Lipinski definition) is 2. The molecule has 9 heavy (non-hydrogen) atoms. The molecule has 0 saturated heterocycles. The average Bonchev–Trinajstić information content (AvgIpc) is 1.89. The van der Waals surface area contributed by atoms with Gasteiger partial charge in [0.15, 0.2) is 0 Å². The second-order valence-corrected chi connectivity index (χ2v) is 2.06. The van der Waals surface area contributed by atoms with E-state index in [1.54, 1.807) is 0 Å². The van der Waals surface area contributed by atoms with E-state index in [2.05, 4.69) is 17.6 Å². The molecule has 0 aliphatic heterocycles. The van der Waals surface area contributed by atoms with E-state index in [-0.39, 0.29) is 0 Å². The van der Waals surface area contributed by atoms with Gasteiger partial charge in [0.05, 0.1) is 0 Å². The van der Waals surface area contributed by atoms with E-state index in [1.807, 2.05) is 7.05 Å². The zero-order chi connectivity index (χ0) is 6.95. The fourth-order valence-corrected chi connectivity index (χ4v) is 0.677. The SMILES string of the molecule is [CH2]CNCCCCNC. The molecule has 0 unspecified atom stereocenters. The van der Waals surface area contributed by atoms with E-state index in [1.165, 1.54) is 12.8 Å². The molecular formula is C7H17N2. The van der Waals surface area contributed by atoms with Gasteiger partial charge in [-0.2, -0.15) is 0 Å². The number of hydrogen-bond acceptors (Lipinski definition) is 2. The van der Waals surface area contributed by atoms with E-state index in [4.69, 9.17) is 0 Å². The van der Waals surface area contributed by atoms with Gasteiger partial charge in [0.2, 0.25) is 0 Å². The maximum atomic E-state index is 3.68. The molecule has 0 atom stereocenters. The maximum absolute atomic E-state index is 3.68. The summed E-state index contributed by atoms with van der Waals surface area (Å²) in [5, 5.41) is 6.27. The van der Waals surface area contributed by atoms with Gasteiger partial charge in [0, 0.05) is 0 Å². The van der Waals surface area contributed by atoms with E-state index in [9.17, 15) is 0 Å². The van der Waals surface area contributed by atoms with Crippen LogP contribution in [0, 0.1) is 6.92 Å². The summed E-state index contributed by atoms with van der Waals surface area (Å²) < 4.78 is 0. The van der Waals surface area contributed by atoms with Crippen LogP contribution in [0.5, 0.6) is 0 Å². The van der Waals surface area contributed by atoms with Gasteiger partial charge < -0.3 is 10.6 Å². The summed E-state index contributed by atoms with van der Waals surface area (Å²) in [6, 6.07) is 0. The van der Waals surface area contributed by atoms with Crippen LogP contribution in [-0.4, -0.2) is 26.7 Å². The second-order valence-electron chi connectivity index (χ2n) is 2.06. The highest BCUT2D eigenvalue weighted by molar-refractivity contribution is 4.49. The summed E-state index contributed by atoms with van der Waals surface area (Å²) in [7, 11) is 1.98. The number of unbranched alkanes of at least 4 members (excludes halogenated alkanes) is 1. The summed E-state index contributed by atoms with van der Waals surface area (Å²) in [5.41, 5.74) is 0.